The minimum absolute atomic E-state index is 0.267. The third-order valence-corrected chi connectivity index (χ3v) is 4.23. The molecule has 108 valence electrons. The van der Waals surface area contributed by atoms with Gasteiger partial charge in [-0.2, -0.15) is 0 Å². The molecular weight excluding hydrogens is 236 g/mol. The molecule has 0 aliphatic heterocycles. The third kappa shape index (κ3) is 5.32. The minimum atomic E-state index is 0.267. The number of hydrogen-bond donors (Lipinski definition) is 1. The van der Waals surface area contributed by atoms with Gasteiger partial charge in [-0.1, -0.05) is 24.1 Å². The van der Waals surface area contributed by atoms with Crippen molar-refractivity contribution in [3.05, 3.63) is 23.3 Å². The second-order valence-corrected chi connectivity index (χ2v) is 5.83. The van der Waals surface area contributed by atoms with Crippen LogP contribution in [0.4, 0.5) is 0 Å². The first-order valence-corrected chi connectivity index (χ1v) is 7.54. The van der Waals surface area contributed by atoms with E-state index in [9.17, 15) is 4.79 Å². The number of unbranched alkanes of at least 4 members (excludes halogenated alkanes) is 1. The van der Waals surface area contributed by atoms with E-state index in [0.29, 0.717) is 11.7 Å². The van der Waals surface area contributed by atoms with Crippen LogP contribution >= 0.6 is 0 Å². The molecule has 2 nitrogen and oxygen atoms in total. The van der Waals surface area contributed by atoms with E-state index in [2.05, 4.69) is 13.5 Å². The van der Waals surface area contributed by atoms with Crippen molar-refractivity contribution in [2.24, 2.45) is 5.92 Å². The molecule has 19 heavy (non-hydrogen) atoms. The Morgan fingerprint density at radius 3 is 2.63 bits per heavy atom. The van der Waals surface area contributed by atoms with Crippen LogP contribution in [0.1, 0.15) is 65.2 Å². The predicted molar refractivity (Wildman–Crippen MR) is 80.0 cm³/mol. The smallest absolute Gasteiger partial charge is 0.158 e. The SMILES string of the molecule is C=C(C)C(CCCCO)CC1=C(C)C(=O)CCCC1. The Kier molecular flexibility index (Phi) is 7.07. The predicted octanol–water partition coefficient (Wildman–Crippen LogP) is 4.19. The van der Waals surface area contributed by atoms with Gasteiger partial charge in [-0.3, -0.25) is 4.79 Å². The maximum atomic E-state index is 11.9. The molecule has 0 amide bonds. The molecule has 0 heterocycles. The molecule has 0 aromatic carbocycles. The molecule has 0 fully saturated rings. The topological polar surface area (TPSA) is 37.3 Å². The van der Waals surface area contributed by atoms with Gasteiger partial charge >= 0.3 is 0 Å². The highest BCUT2D eigenvalue weighted by Crippen LogP contribution is 2.31. The van der Waals surface area contributed by atoms with Crippen molar-refractivity contribution < 1.29 is 9.90 Å². The Morgan fingerprint density at radius 2 is 2.00 bits per heavy atom. The summed E-state index contributed by atoms with van der Waals surface area (Å²) in [6, 6.07) is 0. The van der Waals surface area contributed by atoms with Crippen molar-refractivity contribution in [3.8, 4) is 0 Å². The van der Waals surface area contributed by atoms with E-state index in [-0.39, 0.29) is 6.61 Å². The van der Waals surface area contributed by atoms with Gasteiger partial charge in [0, 0.05) is 13.0 Å². The molecule has 2 heteroatoms. The van der Waals surface area contributed by atoms with Gasteiger partial charge in [0.2, 0.25) is 0 Å². The largest absolute Gasteiger partial charge is 0.396 e. The molecule has 0 spiro atoms. The summed E-state index contributed by atoms with van der Waals surface area (Å²) in [7, 11) is 0. The van der Waals surface area contributed by atoms with Crippen LogP contribution in [-0.4, -0.2) is 17.5 Å². The molecule has 0 radical (unpaired) electrons. The molecular formula is C17H28O2. The molecule has 0 saturated carbocycles. The van der Waals surface area contributed by atoms with Crippen LogP contribution in [0.15, 0.2) is 23.3 Å². The molecule has 1 rings (SSSR count). The highest BCUT2D eigenvalue weighted by Gasteiger charge is 2.19. The van der Waals surface area contributed by atoms with E-state index in [1.54, 1.807) is 0 Å². The Hall–Kier alpha value is -0.890. The summed E-state index contributed by atoms with van der Waals surface area (Å²) in [5.41, 5.74) is 3.56. The average molecular weight is 264 g/mol. The fraction of sp³-hybridized carbons (Fsp3) is 0.706. The summed E-state index contributed by atoms with van der Waals surface area (Å²) in [6.45, 7) is 8.44. The van der Waals surface area contributed by atoms with E-state index in [1.807, 2.05) is 6.92 Å². The number of aliphatic hydroxyl groups excluding tert-OH is 1. The van der Waals surface area contributed by atoms with E-state index in [1.165, 1.54) is 11.1 Å². The standard InChI is InChI=1S/C17H28O2/c1-13(2)15(8-6-7-11-18)12-16-9-4-5-10-17(19)14(16)3/h15,18H,1,4-12H2,2-3H3. The number of rotatable bonds is 7. The van der Waals surface area contributed by atoms with Gasteiger partial charge in [-0.05, 0) is 63.9 Å². The first kappa shape index (κ1) is 16.2. The molecule has 0 aromatic rings. The van der Waals surface area contributed by atoms with Crippen molar-refractivity contribution in [2.75, 3.05) is 6.61 Å². The number of hydrogen-bond acceptors (Lipinski definition) is 2. The fourth-order valence-corrected chi connectivity index (χ4v) is 2.77. The third-order valence-electron chi connectivity index (χ3n) is 4.23. The maximum Gasteiger partial charge on any atom is 0.158 e. The van der Waals surface area contributed by atoms with Gasteiger partial charge in [-0.25, -0.2) is 0 Å². The molecule has 1 aliphatic carbocycles. The summed E-state index contributed by atoms with van der Waals surface area (Å²) < 4.78 is 0. The van der Waals surface area contributed by atoms with Gasteiger partial charge in [0.05, 0.1) is 0 Å². The Morgan fingerprint density at radius 1 is 1.32 bits per heavy atom. The maximum absolute atomic E-state index is 11.9. The van der Waals surface area contributed by atoms with E-state index in [4.69, 9.17) is 5.11 Å². The van der Waals surface area contributed by atoms with Crippen molar-refractivity contribution in [1.82, 2.24) is 0 Å². The highest BCUT2D eigenvalue weighted by molar-refractivity contribution is 5.95. The molecule has 1 atom stereocenters. The number of Topliss-reactive ketones (excluding diaryl/α,β-unsaturated/α-hetero) is 1. The Labute approximate surface area is 117 Å². The minimum Gasteiger partial charge on any atom is -0.396 e. The summed E-state index contributed by atoms with van der Waals surface area (Å²) >= 11 is 0. The number of ketones is 1. The van der Waals surface area contributed by atoms with Crippen LogP contribution in [-0.2, 0) is 4.79 Å². The van der Waals surface area contributed by atoms with Crippen molar-refractivity contribution in [3.63, 3.8) is 0 Å². The van der Waals surface area contributed by atoms with E-state index >= 15 is 0 Å². The van der Waals surface area contributed by atoms with Crippen LogP contribution in [0.3, 0.4) is 0 Å². The second kappa shape index (κ2) is 8.31. The van der Waals surface area contributed by atoms with Crippen LogP contribution < -0.4 is 0 Å². The van der Waals surface area contributed by atoms with Gasteiger partial charge in [0.1, 0.15) is 0 Å². The summed E-state index contributed by atoms with van der Waals surface area (Å²) in [4.78, 5) is 11.9. The Bertz CT molecular complexity index is 352. The van der Waals surface area contributed by atoms with Crippen LogP contribution in [0.5, 0.6) is 0 Å². The zero-order chi connectivity index (χ0) is 14.3. The first-order valence-electron chi connectivity index (χ1n) is 7.54. The lowest BCUT2D eigenvalue weighted by Gasteiger charge is -2.19. The number of aliphatic hydroxyl groups is 1. The fourth-order valence-electron chi connectivity index (χ4n) is 2.77. The van der Waals surface area contributed by atoms with Gasteiger partial charge in [0.15, 0.2) is 5.78 Å². The zero-order valence-corrected chi connectivity index (χ0v) is 12.5. The number of allylic oxidation sites excluding steroid dienone is 3. The van der Waals surface area contributed by atoms with Crippen molar-refractivity contribution >= 4 is 5.78 Å². The molecule has 0 bridgehead atoms. The van der Waals surface area contributed by atoms with E-state index in [0.717, 1.165) is 56.9 Å². The zero-order valence-electron chi connectivity index (χ0n) is 12.5. The highest BCUT2D eigenvalue weighted by atomic mass is 16.2. The second-order valence-electron chi connectivity index (χ2n) is 5.83. The van der Waals surface area contributed by atoms with Crippen LogP contribution in [0.2, 0.25) is 0 Å². The monoisotopic (exact) mass is 264 g/mol. The molecule has 0 saturated heterocycles. The lowest BCUT2D eigenvalue weighted by atomic mass is 9.86. The lowest BCUT2D eigenvalue weighted by Crippen LogP contribution is -2.07. The summed E-state index contributed by atoms with van der Waals surface area (Å²) in [5, 5.41) is 8.88. The summed E-state index contributed by atoms with van der Waals surface area (Å²) in [5.74, 6) is 0.797. The van der Waals surface area contributed by atoms with Crippen LogP contribution in [0, 0.1) is 5.92 Å². The van der Waals surface area contributed by atoms with Crippen LogP contribution in [0.25, 0.3) is 0 Å². The van der Waals surface area contributed by atoms with Gasteiger partial charge in [0.25, 0.3) is 0 Å². The number of carbonyl (C=O) groups is 1. The first-order chi connectivity index (χ1) is 9.06. The normalized spacial score (nSPS) is 18.4. The van der Waals surface area contributed by atoms with E-state index < -0.39 is 0 Å². The number of carbonyl (C=O) groups excluding carboxylic acids is 1. The molecule has 1 N–H and O–H groups in total. The van der Waals surface area contributed by atoms with Crippen molar-refractivity contribution in [1.29, 1.82) is 0 Å². The lowest BCUT2D eigenvalue weighted by molar-refractivity contribution is -0.115. The molecule has 0 aromatic heterocycles. The van der Waals surface area contributed by atoms with Gasteiger partial charge < -0.3 is 5.11 Å². The Balaban J connectivity index is 2.68. The average Bonchev–Trinajstić information content (AvgIpc) is 2.53. The molecule has 1 aliphatic rings. The van der Waals surface area contributed by atoms with Gasteiger partial charge in [-0.15, -0.1) is 0 Å². The summed E-state index contributed by atoms with van der Waals surface area (Å²) in [6.07, 6.45) is 7.91. The quantitative estimate of drug-likeness (QED) is 0.553. The van der Waals surface area contributed by atoms with Crippen molar-refractivity contribution in [2.45, 2.75) is 65.2 Å². The molecule has 1 unspecified atom stereocenters.